The van der Waals surface area contributed by atoms with Crippen LogP contribution in [0.5, 0.6) is 5.88 Å². The van der Waals surface area contributed by atoms with Gasteiger partial charge in [-0.25, -0.2) is 14.4 Å². The van der Waals surface area contributed by atoms with Crippen LogP contribution < -0.4 is 15.0 Å². The van der Waals surface area contributed by atoms with Crippen molar-refractivity contribution in [2.75, 3.05) is 25.1 Å². The van der Waals surface area contributed by atoms with Crippen LogP contribution in [0.3, 0.4) is 0 Å². The maximum atomic E-state index is 13.2. The van der Waals surface area contributed by atoms with E-state index in [9.17, 15) is 22.4 Å². The number of carbonyl (C=O) groups excluding carboxylic acids is 1. The number of ether oxygens (including phenoxy) is 1. The minimum atomic E-state index is -4.99. The number of carbonyl (C=O) groups is 1. The van der Waals surface area contributed by atoms with Gasteiger partial charge >= 0.3 is 12.1 Å². The molecule has 3 rings (SSSR count). The summed E-state index contributed by atoms with van der Waals surface area (Å²) in [6.07, 6.45) is -3.25. The molecule has 2 atom stereocenters. The number of methoxy groups -OCH3 is 1. The molecule has 6 nitrogen and oxygen atoms in total. The van der Waals surface area contributed by atoms with Gasteiger partial charge in [-0.15, -0.1) is 0 Å². The first kappa shape index (κ1) is 19.8. The summed E-state index contributed by atoms with van der Waals surface area (Å²) in [7, 11) is 1.44. The Morgan fingerprint density at radius 1 is 1.25 bits per heavy atom. The van der Waals surface area contributed by atoms with Crippen molar-refractivity contribution in [1.82, 2.24) is 15.3 Å². The fourth-order valence-corrected chi connectivity index (χ4v) is 3.28. The second kappa shape index (κ2) is 7.99. The zero-order valence-corrected chi connectivity index (χ0v) is 14.9. The van der Waals surface area contributed by atoms with Gasteiger partial charge in [0.25, 0.3) is 0 Å². The van der Waals surface area contributed by atoms with E-state index >= 15 is 0 Å². The van der Waals surface area contributed by atoms with Gasteiger partial charge in [-0.05, 0) is 24.1 Å². The third kappa shape index (κ3) is 4.49. The summed E-state index contributed by atoms with van der Waals surface area (Å²) in [5.41, 5.74) is 0.661. The zero-order valence-electron chi connectivity index (χ0n) is 14.9. The maximum absolute atomic E-state index is 13.2. The van der Waals surface area contributed by atoms with Crippen molar-refractivity contribution in [3.8, 4) is 5.88 Å². The van der Waals surface area contributed by atoms with Gasteiger partial charge in [0, 0.05) is 25.1 Å². The molecule has 28 heavy (non-hydrogen) atoms. The van der Waals surface area contributed by atoms with Crippen molar-refractivity contribution in [1.29, 1.82) is 0 Å². The molecule has 0 bridgehead atoms. The predicted molar refractivity (Wildman–Crippen MR) is 92.5 cm³/mol. The molecule has 1 amide bonds. The van der Waals surface area contributed by atoms with Gasteiger partial charge in [0.2, 0.25) is 5.88 Å². The van der Waals surface area contributed by atoms with Crippen LogP contribution in [0.15, 0.2) is 36.7 Å². The van der Waals surface area contributed by atoms with Crippen LogP contribution in [0.4, 0.5) is 23.4 Å². The molecule has 1 fully saturated rings. The minimum absolute atomic E-state index is 0.101. The molecule has 2 heterocycles. The summed E-state index contributed by atoms with van der Waals surface area (Å²) in [6, 6.07) is 6.28. The Balaban J connectivity index is 1.85. The van der Waals surface area contributed by atoms with E-state index < -0.39 is 29.9 Å². The summed E-state index contributed by atoms with van der Waals surface area (Å²) < 4.78 is 56.7. The number of rotatable bonds is 4. The number of benzene rings is 1. The number of hydrogen-bond acceptors (Lipinski definition) is 5. The summed E-state index contributed by atoms with van der Waals surface area (Å²) in [6.45, 7) is 0.588. The highest BCUT2D eigenvalue weighted by Crippen LogP contribution is 2.31. The van der Waals surface area contributed by atoms with E-state index in [2.05, 4.69) is 15.3 Å². The maximum Gasteiger partial charge on any atom is 0.471 e. The molecule has 1 N–H and O–H groups in total. The minimum Gasteiger partial charge on any atom is -0.481 e. The lowest BCUT2D eigenvalue weighted by Gasteiger charge is -2.39. The highest BCUT2D eigenvalue weighted by Gasteiger charge is 2.42. The van der Waals surface area contributed by atoms with Gasteiger partial charge in [-0.3, -0.25) is 4.79 Å². The molecule has 1 saturated heterocycles. The van der Waals surface area contributed by atoms with Crippen molar-refractivity contribution < 1.29 is 27.1 Å². The Kier molecular flexibility index (Phi) is 5.66. The Bertz CT molecular complexity index is 829. The van der Waals surface area contributed by atoms with E-state index in [0.29, 0.717) is 30.2 Å². The molecule has 1 aliphatic heterocycles. The van der Waals surface area contributed by atoms with Crippen LogP contribution in [0.25, 0.3) is 0 Å². The Morgan fingerprint density at radius 3 is 2.61 bits per heavy atom. The Labute approximate surface area is 158 Å². The van der Waals surface area contributed by atoms with Crippen LogP contribution >= 0.6 is 0 Å². The molecule has 10 heteroatoms. The van der Waals surface area contributed by atoms with Crippen molar-refractivity contribution >= 4 is 11.7 Å². The molecule has 150 valence electrons. The largest absolute Gasteiger partial charge is 0.481 e. The number of hydrogen-bond donors (Lipinski definition) is 1. The number of amides is 1. The number of anilines is 1. The molecule has 0 aliphatic carbocycles. The molecular weight excluding hydrogens is 380 g/mol. The van der Waals surface area contributed by atoms with E-state index in [0.717, 1.165) is 0 Å². The van der Waals surface area contributed by atoms with Crippen LogP contribution in [0.1, 0.15) is 17.9 Å². The van der Waals surface area contributed by atoms with E-state index in [4.69, 9.17) is 4.74 Å². The SMILES string of the molecule is COc1cc(N2CC[C@@H](c3ccc(F)cc3)[C@@H](NC(=O)C(F)(F)F)C2)ncn1. The van der Waals surface area contributed by atoms with E-state index in [1.807, 2.05) is 0 Å². The predicted octanol–water partition coefficient (Wildman–Crippen LogP) is 2.67. The molecule has 0 spiro atoms. The monoisotopic (exact) mass is 398 g/mol. The topological polar surface area (TPSA) is 67.3 Å². The van der Waals surface area contributed by atoms with Gasteiger partial charge in [-0.2, -0.15) is 13.2 Å². The average Bonchev–Trinajstić information content (AvgIpc) is 2.68. The quantitative estimate of drug-likeness (QED) is 0.803. The van der Waals surface area contributed by atoms with Gasteiger partial charge < -0.3 is 15.0 Å². The smallest absolute Gasteiger partial charge is 0.471 e. The molecule has 1 aromatic carbocycles. The van der Waals surface area contributed by atoms with Crippen molar-refractivity contribution in [3.05, 3.63) is 48.0 Å². The van der Waals surface area contributed by atoms with Crippen LogP contribution in [-0.4, -0.2) is 48.3 Å². The normalized spacial score (nSPS) is 20.0. The van der Waals surface area contributed by atoms with Gasteiger partial charge in [0.15, 0.2) is 0 Å². The lowest BCUT2D eigenvalue weighted by Crippen LogP contribution is -2.54. The van der Waals surface area contributed by atoms with Crippen LogP contribution in [0, 0.1) is 5.82 Å². The number of halogens is 4. The van der Waals surface area contributed by atoms with Crippen LogP contribution in [0.2, 0.25) is 0 Å². The summed E-state index contributed by atoms with van der Waals surface area (Å²) in [4.78, 5) is 21.3. The number of aromatic nitrogens is 2. The van der Waals surface area contributed by atoms with E-state index in [1.165, 1.54) is 37.7 Å². The second-order valence-electron chi connectivity index (χ2n) is 6.39. The third-order valence-corrected chi connectivity index (χ3v) is 4.65. The highest BCUT2D eigenvalue weighted by molar-refractivity contribution is 5.82. The van der Waals surface area contributed by atoms with Gasteiger partial charge in [0.05, 0.1) is 13.2 Å². The number of nitrogens with one attached hydrogen (secondary N) is 1. The first-order valence-electron chi connectivity index (χ1n) is 8.52. The number of alkyl halides is 3. The molecule has 0 radical (unpaired) electrons. The molecule has 2 aromatic rings. The van der Waals surface area contributed by atoms with Crippen LogP contribution in [-0.2, 0) is 4.79 Å². The summed E-state index contributed by atoms with van der Waals surface area (Å²) in [5.74, 6) is -2.04. The fraction of sp³-hybridized carbons (Fsp3) is 0.389. The number of piperidine rings is 1. The molecule has 1 aliphatic rings. The van der Waals surface area contributed by atoms with Gasteiger partial charge in [0.1, 0.15) is 18.0 Å². The third-order valence-electron chi connectivity index (χ3n) is 4.65. The molecule has 0 unspecified atom stereocenters. The molecule has 0 saturated carbocycles. The fourth-order valence-electron chi connectivity index (χ4n) is 3.28. The van der Waals surface area contributed by atoms with Crippen molar-refractivity contribution in [3.63, 3.8) is 0 Å². The lowest BCUT2D eigenvalue weighted by molar-refractivity contribution is -0.174. The first-order chi connectivity index (χ1) is 13.3. The standard InChI is InChI=1S/C18H18F4N4O2/c1-28-16-8-15(23-10-24-16)26-7-6-13(11-2-4-12(19)5-3-11)14(9-26)25-17(27)18(20,21)22/h2-5,8,10,13-14H,6-7,9H2,1H3,(H,25,27)/t13-,14-/m0/s1. The van der Waals surface area contributed by atoms with E-state index in [-0.39, 0.29) is 6.54 Å². The first-order valence-corrected chi connectivity index (χ1v) is 8.52. The average molecular weight is 398 g/mol. The van der Waals surface area contributed by atoms with Gasteiger partial charge in [-0.1, -0.05) is 12.1 Å². The van der Waals surface area contributed by atoms with Crippen molar-refractivity contribution in [2.24, 2.45) is 0 Å². The summed E-state index contributed by atoms with van der Waals surface area (Å²) in [5, 5.41) is 2.08. The number of nitrogens with zero attached hydrogens (tertiary/aromatic N) is 3. The Morgan fingerprint density at radius 2 is 1.96 bits per heavy atom. The highest BCUT2D eigenvalue weighted by atomic mass is 19.4. The summed E-state index contributed by atoms with van der Waals surface area (Å²) >= 11 is 0. The molecular formula is C18H18F4N4O2. The van der Waals surface area contributed by atoms with E-state index in [1.54, 1.807) is 11.0 Å². The second-order valence-corrected chi connectivity index (χ2v) is 6.39. The molecule has 1 aromatic heterocycles. The lowest BCUT2D eigenvalue weighted by atomic mass is 9.85. The van der Waals surface area contributed by atoms with Crippen molar-refractivity contribution in [2.45, 2.75) is 24.6 Å². The zero-order chi connectivity index (χ0) is 20.3. The Hall–Kier alpha value is -2.91.